The molecule has 42 valence electrons. The summed E-state index contributed by atoms with van der Waals surface area (Å²) in [6.07, 6.45) is 0. The molecule has 0 spiro atoms. The Balaban J connectivity index is 0. The first-order chi connectivity index (χ1) is 2.77. The van der Waals surface area contributed by atoms with E-state index in [4.69, 9.17) is 0 Å². The van der Waals surface area contributed by atoms with E-state index in [0.29, 0.717) is 5.92 Å². The van der Waals surface area contributed by atoms with E-state index in [0.717, 1.165) is 0 Å². The summed E-state index contributed by atoms with van der Waals surface area (Å²) in [5.41, 5.74) is 0. The second-order valence-corrected chi connectivity index (χ2v) is 1.63. The van der Waals surface area contributed by atoms with E-state index in [1.807, 2.05) is 13.8 Å². The van der Waals surface area contributed by atoms with Crippen molar-refractivity contribution in [3.05, 3.63) is 0 Å². The van der Waals surface area contributed by atoms with Gasteiger partial charge < -0.3 is 0 Å². The van der Waals surface area contributed by atoms with Gasteiger partial charge in [0.05, 0.1) is 0 Å². The van der Waals surface area contributed by atoms with Gasteiger partial charge in [-0.25, -0.2) is 0 Å². The van der Waals surface area contributed by atoms with Crippen molar-refractivity contribution in [2.24, 2.45) is 5.92 Å². The van der Waals surface area contributed by atoms with Gasteiger partial charge in [-0.1, -0.05) is 32.4 Å². The first kappa shape index (κ1) is 10.4. The van der Waals surface area contributed by atoms with Crippen LogP contribution in [0.25, 0.3) is 0 Å². The zero-order valence-electron chi connectivity index (χ0n) is 4.43. The summed E-state index contributed by atoms with van der Waals surface area (Å²) in [6.45, 7) is 4.06. The minimum Gasteiger partial charge on any atom is -0.114 e. The number of rotatable bonds is 0. The van der Waals surface area contributed by atoms with Crippen LogP contribution < -0.4 is 0 Å². The molecule has 0 fully saturated rings. The zero-order chi connectivity index (χ0) is 4.99. The second-order valence-electron chi connectivity index (χ2n) is 1.41. The number of thiol groups is 1. The van der Waals surface area contributed by atoms with E-state index in [1.54, 1.807) is 0 Å². The van der Waals surface area contributed by atoms with Gasteiger partial charge in [-0.2, -0.15) is 0 Å². The molecule has 0 aromatic carbocycles. The summed E-state index contributed by atoms with van der Waals surface area (Å²) in [5, 5.41) is 2.51. The maximum Gasteiger partial charge on any atom is 0.0155 e. The van der Waals surface area contributed by atoms with Gasteiger partial charge in [0, 0.05) is 5.92 Å². The van der Waals surface area contributed by atoms with E-state index in [-0.39, 0.29) is 17.0 Å². The molecule has 0 aliphatic carbocycles. The van der Waals surface area contributed by atoms with Crippen LogP contribution in [0.3, 0.4) is 0 Å². The largest absolute Gasteiger partial charge is 0.114 e. The van der Waals surface area contributed by atoms with Gasteiger partial charge in [0.15, 0.2) is 0 Å². The molecule has 0 aliphatic heterocycles. The van der Waals surface area contributed by atoms with E-state index in [9.17, 15) is 0 Å². The number of halogens is 1. The number of hydrogen-bond donors (Lipinski definition) is 1. The van der Waals surface area contributed by atoms with Crippen LogP contribution in [0.2, 0.25) is 0 Å². The lowest BCUT2D eigenvalue weighted by Crippen LogP contribution is -1.74. The highest BCUT2D eigenvalue weighted by molar-refractivity contribution is 8.93. The maximum atomic E-state index is 3.70. The Morgan fingerprint density at radius 2 is 1.86 bits per heavy atom. The van der Waals surface area contributed by atoms with Crippen LogP contribution in [0.4, 0.5) is 0 Å². The lowest BCUT2D eigenvalue weighted by atomic mass is 10.2. The van der Waals surface area contributed by atoms with Crippen molar-refractivity contribution in [2.75, 3.05) is 0 Å². The zero-order valence-corrected chi connectivity index (χ0v) is 7.04. The summed E-state index contributed by atoms with van der Waals surface area (Å²) >= 11 is 3.70. The second kappa shape index (κ2) is 6.39. The lowest BCUT2D eigenvalue weighted by molar-refractivity contribution is 0.867. The van der Waals surface area contributed by atoms with Crippen LogP contribution in [0, 0.1) is 17.1 Å². The molecule has 0 N–H and O–H groups in total. The molecule has 0 aromatic heterocycles. The smallest absolute Gasteiger partial charge is 0.0155 e. The van der Waals surface area contributed by atoms with Crippen molar-refractivity contribution in [3.8, 4) is 11.2 Å². The molecule has 0 aliphatic rings. The lowest BCUT2D eigenvalue weighted by Gasteiger charge is -1.81. The predicted molar refractivity (Wildman–Crippen MR) is 41.9 cm³/mol. The monoisotopic (exact) mass is 180 g/mol. The van der Waals surface area contributed by atoms with Gasteiger partial charge >= 0.3 is 0 Å². The standard InChI is InChI=1S/C5H8S.BrH/c1-5(2)3-4-6;/h5-6H,1-2H3;1H. The van der Waals surface area contributed by atoms with Crippen molar-refractivity contribution >= 4 is 29.6 Å². The molecule has 0 saturated carbocycles. The summed E-state index contributed by atoms with van der Waals surface area (Å²) in [4.78, 5) is 0. The number of hydrogen-bond acceptors (Lipinski definition) is 1. The fraction of sp³-hybridized carbons (Fsp3) is 0.600. The Hall–Kier alpha value is 0.390. The Labute approximate surface area is 60.9 Å². The van der Waals surface area contributed by atoms with Crippen molar-refractivity contribution in [2.45, 2.75) is 13.8 Å². The maximum absolute atomic E-state index is 3.70. The van der Waals surface area contributed by atoms with Crippen molar-refractivity contribution in [1.29, 1.82) is 0 Å². The molecular formula is C5H9BrS. The third-order valence-corrected chi connectivity index (χ3v) is 0.482. The average molecular weight is 181 g/mol. The van der Waals surface area contributed by atoms with E-state index >= 15 is 0 Å². The van der Waals surface area contributed by atoms with E-state index < -0.39 is 0 Å². The molecule has 0 saturated heterocycles. The van der Waals surface area contributed by atoms with Crippen LogP contribution in [0.1, 0.15) is 13.8 Å². The highest BCUT2D eigenvalue weighted by atomic mass is 79.9. The predicted octanol–water partition coefficient (Wildman–Crippen LogP) is 2.11. The van der Waals surface area contributed by atoms with Crippen LogP contribution in [-0.2, 0) is 0 Å². The van der Waals surface area contributed by atoms with Gasteiger partial charge in [-0.05, 0) is 5.25 Å². The third-order valence-electron chi connectivity index (χ3n) is 0.353. The fourth-order valence-corrected chi connectivity index (χ4v) is 0.387. The topological polar surface area (TPSA) is 0 Å². The molecule has 0 radical (unpaired) electrons. The first-order valence-electron chi connectivity index (χ1n) is 1.92. The summed E-state index contributed by atoms with van der Waals surface area (Å²) in [5.74, 6) is 3.28. The van der Waals surface area contributed by atoms with Crippen molar-refractivity contribution in [1.82, 2.24) is 0 Å². The Bertz CT molecular complexity index is 77.8. The van der Waals surface area contributed by atoms with Crippen LogP contribution in [0.15, 0.2) is 0 Å². The molecule has 0 atom stereocenters. The average Bonchev–Trinajstić information content (AvgIpc) is 1.35. The molecule has 0 heterocycles. The van der Waals surface area contributed by atoms with Gasteiger partial charge in [-0.15, -0.1) is 17.0 Å². The molecule has 0 amide bonds. The van der Waals surface area contributed by atoms with Gasteiger partial charge in [0.1, 0.15) is 0 Å². The Kier molecular flexibility index (Phi) is 9.48. The molecular weight excluding hydrogens is 172 g/mol. The SMILES string of the molecule is Br.CC(C)C#CS. The molecule has 0 rings (SSSR count). The molecule has 0 aromatic rings. The molecule has 7 heavy (non-hydrogen) atoms. The quantitative estimate of drug-likeness (QED) is 0.429. The molecule has 0 nitrogen and oxygen atoms in total. The summed E-state index contributed by atoms with van der Waals surface area (Å²) < 4.78 is 0. The van der Waals surface area contributed by atoms with Crippen LogP contribution >= 0.6 is 29.6 Å². The van der Waals surface area contributed by atoms with Crippen LogP contribution in [-0.4, -0.2) is 0 Å². The minimum atomic E-state index is 0. The minimum absolute atomic E-state index is 0. The van der Waals surface area contributed by atoms with Crippen LogP contribution in [0.5, 0.6) is 0 Å². The molecule has 0 unspecified atom stereocenters. The Morgan fingerprint density at radius 3 is 1.86 bits per heavy atom. The highest BCUT2D eigenvalue weighted by Gasteiger charge is 1.76. The highest BCUT2D eigenvalue weighted by Crippen LogP contribution is 1.84. The van der Waals surface area contributed by atoms with Crippen molar-refractivity contribution in [3.63, 3.8) is 0 Å². The normalized spacial score (nSPS) is 6.29. The summed E-state index contributed by atoms with van der Waals surface area (Å²) in [6, 6.07) is 0. The first-order valence-corrected chi connectivity index (χ1v) is 2.36. The van der Waals surface area contributed by atoms with E-state index in [1.165, 1.54) is 0 Å². The van der Waals surface area contributed by atoms with Gasteiger partial charge in [-0.3, -0.25) is 0 Å². The summed E-state index contributed by atoms with van der Waals surface area (Å²) in [7, 11) is 0. The third kappa shape index (κ3) is 10.7. The van der Waals surface area contributed by atoms with Gasteiger partial charge in [0.25, 0.3) is 0 Å². The fourth-order valence-electron chi connectivity index (χ4n) is 0.129. The van der Waals surface area contributed by atoms with E-state index in [2.05, 4.69) is 23.8 Å². The Morgan fingerprint density at radius 1 is 1.43 bits per heavy atom. The van der Waals surface area contributed by atoms with Crippen molar-refractivity contribution < 1.29 is 0 Å². The molecule has 0 bridgehead atoms. The molecule has 2 heteroatoms. The van der Waals surface area contributed by atoms with Gasteiger partial charge in [0.2, 0.25) is 0 Å².